The van der Waals surface area contributed by atoms with Gasteiger partial charge in [0.15, 0.2) is 12.4 Å². The van der Waals surface area contributed by atoms with E-state index in [9.17, 15) is 0 Å². The molecule has 0 saturated carbocycles. The van der Waals surface area contributed by atoms with E-state index in [4.69, 9.17) is 5.11 Å². The van der Waals surface area contributed by atoms with Gasteiger partial charge < -0.3 is 5.11 Å². The second-order valence-electron chi connectivity index (χ2n) is 4.67. The van der Waals surface area contributed by atoms with Crippen LogP contribution in [0.15, 0.2) is 30.6 Å². The molecule has 1 heterocycles. The summed E-state index contributed by atoms with van der Waals surface area (Å²) in [7, 11) is 0. The number of pyridine rings is 1. The van der Waals surface area contributed by atoms with Crippen molar-refractivity contribution in [1.29, 1.82) is 0 Å². The average Bonchev–Trinajstić information content (AvgIpc) is 2.38. The van der Waals surface area contributed by atoms with Crippen LogP contribution in [-0.4, -0.2) is 11.7 Å². The lowest BCUT2D eigenvalue weighted by molar-refractivity contribution is -0.697. The van der Waals surface area contributed by atoms with Gasteiger partial charge >= 0.3 is 0 Å². The highest BCUT2D eigenvalue weighted by molar-refractivity contribution is 4.83. The summed E-state index contributed by atoms with van der Waals surface area (Å²) < 4.78 is 2.25. The van der Waals surface area contributed by atoms with Crippen LogP contribution in [0.25, 0.3) is 0 Å². The van der Waals surface area contributed by atoms with Crippen LogP contribution in [0.1, 0.15) is 51.4 Å². The Hall–Kier alpha value is -0.890. The summed E-state index contributed by atoms with van der Waals surface area (Å²) in [4.78, 5) is 0. The molecule has 0 unspecified atom stereocenters. The number of aliphatic hydroxyl groups excluding tert-OH is 1. The van der Waals surface area contributed by atoms with Crippen LogP contribution in [0.4, 0.5) is 0 Å². The maximum absolute atomic E-state index is 8.64. The molecule has 1 aromatic heterocycles. The lowest BCUT2D eigenvalue weighted by Gasteiger charge is -2.00. The van der Waals surface area contributed by atoms with Gasteiger partial charge in [-0.3, -0.25) is 0 Å². The lowest BCUT2D eigenvalue weighted by atomic mass is 10.1. The molecule has 1 N–H and O–H groups in total. The molecule has 2 heteroatoms. The number of aryl methyl sites for hydroxylation is 1. The normalized spacial score (nSPS) is 10.6. The predicted octanol–water partition coefficient (Wildman–Crippen LogP) is 3.09. The lowest BCUT2D eigenvalue weighted by Crippen LogP contribution is -2.32. The van der Waals surface area contributed by atoms with Gasteiger partial charge in [-0.05, 0) is 12.8 Å². The molecule has 0 bridgehead atoms. The summed E-state index contributed by atoms with van der Waals surface area (Å²) in [5, 5.41) is 8.64. The Morgan fingerprint density at radius 3 is 1.76 bits per heavy atom. The fraction of sp³-hybridized carbons (Fsp3) is 0.667. The van der Waals surface area contributed by atoms with E-state index < -0.39 is 0 Å². The summed E-state index contributed by atoms with van der Waals surface area (Å²) in [6, 6.07) is 6.23. The van der Waals surface area contributed by atoms with Crippen LogP contribution in [0.3, 0.4) is 0 Å². The summed E-state index contributed by atoms with van der Waals surface area (Å²) in [6.07, 6.45) is 14.4. The highest BCUT2D eigenvalue weighted by Gasteiger charge is 1.97. The molecular weight excluding hydrogens is 210 g/mol. The second-order valence-corrected chi connectivity index (χ2v) is 4.67. The molecule has 0 saturated heterocycles. The maximum atomic E-state index is 8.64. The second kappa shape index (κ2) is 10.3. The van der Waals surface area contributed by atoms with Crippen molar-refractivity contribution < 1.29 is 9.67 Å². The van der Waals surface area contributed by atoms with Crippen LogP contribution >= 0.6 is 0 Å². The van der Waals surface area contributed by atoms with Crippen molar-refractivity contribution in [3.8, 4) is 0 Å². The zero-order valence-electron chi connectivity index (χ0n) is 10.9. The molecule has 0 aliphatic heterocycles. The maximum Gasteiger partial charge on any atom is 0.168 e. The van der Waals surface area contributed by atoms with E-state index >= 15 is 0 Å². The van der Waals surface area contributed by atoms with Crippen LogP contribution in [0.2, 0.25) is 0 Å². The van der Waals surface area contributed by atoms with Gasteiger partial charge in [0.25, 0.3) is 0 Å². The molecule has 0 atom stereocenters. The number of nitrogens with zero attached hydrogens (tertiary/aromatic N) is 1. The third-order valence-electron chi connectivity index (χ3n) is 3.10. The summed E-state index contributed by atoms with van der Waals surface area (Å²) >= 11 is 0. The van der Waals surface area contributed by atoms with Crippen molar-refractivity contribution in [2.45, 2.75) is 57.9 Å². The summed E-state index contributed by atoms with van der Waals surface area (Å²) in [5.41, 5.74) is 0. The standard InChI is InChI=1S/C15H26NO/c17-15-11-6-4-2-1-3-5-8-12-16-13-9-7-10-14-16/h7,9-10,13-14,17H,1-6,8,11-12,15H2/q+1. The largest absolute Gasteiger partial charge is 0.396 e. The SMILES string of the molecule is OCCCCCCCCCC[n+]1ccccc1. The fourth-order valence-corrected chi connectivity index (χ4v) is 2.05. The van der Waals surface area contributed by atoms with Gasteiger partial charge in [0.1, 0.15) is 6.54 Å². The van der Waals surface area contributed by atoms with Crippen molar-refractivity contribution in [1.82, 2.24) is 0 Å². The van der Waals surface area contributed by atoms with Crippen molar-refractivity contribution in [3.63, 3.8) is 0 Å². The van der Waals surface area contributed by atoms with Gasteiger partial charge in [0.2, 0.25) is 0 Å². The minimum Gasteiger partial charge on any atom is -0.396 e. The summed E-state index contributed by atoms with van der Waals surface area (Å²) in [6.45, 7) is 1.50. The van der Waals surface area contributed by atoms with E-state index in [1.165, 1.54) is 44.9 Å². The number of unbranched alkanes of at least 4 members (excludes halogenated alkanes) is 7. The quantitative estimate of drug-likeness (QED) is 0.490. The topological polar surface area (TPSA) is 24.1 Å². The molecule has 0 spiro atoms. The minimum atomic E-state index is 0.355. The monoisotopic (exact) mass is 236 g/mol. The molecule has 0 fully saturated rings. The Labute approximate surface area is 105 Å². The number of aromatic nitrogens is 1. The Kier molecular flexibility index (Phi) is 8.57. The highest BCUT2D eigenvalue weighted by atomic mass is 16.2. The van der Waals surface area contributed by atoms with Crippen LogP contribution in [-0.2, 0) is 6.54 Å². The number of rotatable bonds is 10. The van der Waals surface area contributed by atoms with Crippen molar-refractivity contribution in [3.05, 3.63) is 30.6 Å². The molecular formula is C15H26NO+. The van der Waals surface area contributed by atoms with Gasteiger partial charge in [0, 0.05) is 25.2 Å². The Morgan fingerprint density at radius 1 is 0.647 bits per heavy atom. The van der Waals surface area contributed by atoms with Crippen LogP contribution < -0.4 is 4.57 Å². The zero-order valence-corrected chi connectivity index (χ0v) is 10.9. The van der Waals surface area contributed by atoms with Gasteiger partial charge in [-0.2, -0.15) is 0 Å². The van der Waals surface area contributed by atoms with Crippen molar-refractivity contribution >= 4 is 0 Å². The van der Waals surface area contributed by atoms with Crippen molar-refractivity contribution in [2.75, 3.05) is 6.61 Å². The number of hydrogen-bond donors (Lipinski definition) is 1. The third-order valence-corrected chi connectivity index (χ3v) is 3.10. The number of aliphatic hydroxyl groups is 1. The van der Waals surface area contributed by atoms with Gasteiger partial charge in [0.05, 0.1) is 0 Å². The van der Waals surface area contributed by atoms with Crippen LogP contribution in [0, 0.1) is 0 Å². The van der Waals surface area contributed by atoms with Gasteiger partial charge in [-0.15, -0.1) is 0 Å². The molecule has 0 aliphatic rings. The first-order chi connectivity index (χ1) is 8.43. The Morgan fingerprint density at radius 2 is 1.18 bits per heavy atom. The van der Waals surface area contributed by atoms with E-state index in [1.54, 1.807) is 0 Å². The van der Waals surface area contributed by atoms with Gasteiger partial charge in [-0.1, -0.05) is 38.2 Å². The van der Waals surface area contributed by atoms with E-state index in [2.05, 4.69) is 35.2 Å². The molecule has 0 aliphatic carbocycles. The smallest absolute Gasteiger partial charge is 0.168 e. The summed E-state index contributed by atoms with van der Waals surface area (Å²) in [5.74, 6) is 0. The first-order valence-electron chi connectivity index (χ1n) is 6.98. The van der Waals surface area contributed by atoms with E-state index in [0.29, 0.717) is 6.61 Å². The molecule has 17 heavy (non-hydrogen) atoms. The fourth-order valence-electron chi connectivity index (χ4n) is 2.05. The predicted molar refractivity (Wildman–Crippen MR) is 70.7 cm³/mol. The molecule has 2 nitrogen and oxygen atoms in total. The third kappa shape index (κ3) is 7.92. The van der Waals surface area contributed by atoms with Crippen LogP contribution in [0.5, 0.6) is 0 Å². The molecule has 0 amide bonds. The Bertz CT molecular complexity index is 261. The van der Waals surface area contributed by atoms with E-state index in [0.717, 1.165) is 13.0 Å². The molecule has 0 radical (unpaired) electrons. The molecule has 0 aromatic carbocycles. The first-order valence-corrected chi connectivity index (χ1v) is 6.98. The molecule has 96 valence electrons. The first kappa shape index (κ1) is 14.2. The Balaban J connectivity index is 1.85. The van der Waals surface area contributed by atoms with E-state index in [-0.39, 0.29) is 0 Å². The zero-order chi connectivity index (χ0) is 12.2. The van der Waals surface area contributed by atoms with Crippen molar-refractivity contribution in [2.24, 2.45) is 0 Å². The minimum absolute atomic E-state index is 0.355. The molecule has 1 rings (SSSR count). The number of hydrogen-bond acceptors (Lipinski definition) is 1. The average molecular weight is 236 g/mol. The molecule has 1 aromatic rings. The van der Waals surface area contributed by atoms with Gasteiger partial charge in [-0.25, -0.2) is 4.57 Å². The highest BCUT2D eigenvalue weighted by Crippen LogP contribution is 2.08. The van der Waals surface area contributed by atoms with E-state index in [1.807, 2.05) is 0 Å².